The number of methoxy groups -OCH3 is 1. The molecule has 1 aromatic carbocycles. The molecule has 0 aliphatic heterocycles. The molecule has 0 aromatic heterocycles. The van der Waals surface area contributed by atoms with Crippen molar-refractivity contribution in [3.63, 3.8) is 0 Å². The fourth-order valence-electron chi connectivity index (χ4n) is 1.54. The van der Waals surface area contributed by atoms with Crippen LogP contribution in [-0.4, -0.2) is 31.5 Å². The second kappa shape index (κ2) is 6.63. The zero-order valence-electron chi connectivity index (χ0n) is 11.3. The molecule has 19 heavy (non-hydrogen) atoms. The summed E-state index contributed by atoms with van der Waals surface area (Å²) in [7, 11) is 1.52. The molecule has 0 fully saturated rings. The molecular formula is C13H19N3O3. The molecule has 0 radical (unpaired) electrons. The third-order valence-electron chi connectivity index (χ3n) is 2.60. The van der Waals surface area contributed by atoms with Crippen molar-refractivity contribution in [3.8, 4) is 5.75 Å². The van der Waals surface area contributed by atoms with E-state index < -0.39 is 6.04 Å². The Hall–Kier alpha value is -2.24. The predicted octanol–water partition coefficient (Wildman–Crippen LogP) is 0.532. The van der Waals surface area contributed by atoms with Crippen molar-refractivity contribution in [1.82, 2.24) is 10.6 Å². The zero-order valence-corrected chi connectivity index (χ0v) is 11.3. The van der Waals surface area contributed by atoms with Gasteiger partial charge in [0.2, 0.25) is 5.91 Å². The van der Waals surface area contributed by atoms with E-state index in [0.29, 0.717) is 23.5 Å². The standard InChI is InChI=1S/C13H19N3O3/c1-4-15-12(17)8(2)16-13(18)10-6-5-9(19-3)7-11(10)14/h5-8H,4,14H2,1-3H3,(H,15,17)(H,16,18). The zero-order chi connectivity index (χ0) is 14.4. The monoisotopic (exact) mass is 265 g/mol. The number of nitrogen functional groups attached to an aromatic ring is 1. The number of rotatable bonds is 5. The van der Waals surface area contributed by atoms with Gasteiger partial charge in [-0.1, -0.05) is 0 Å². The highest BCUT2D eigenvalue weighted by Gasteiger charge is 2.17. The summed E-state index contributed by atoms with van der Waals surface area (Å²) < 4.78 is 5.01. The Morgan fingerprint density at radius 2 is 2.11 bits per heavy atom. The van der Waals surface area contributed by atoms with Crippen LogP contribution in [0.3, 0.4) is 0 Å². The fourth-order valence-corrected chi connectivity index (χ4v) is 1.54. The molecule has 104 valence electrons. The number of anilines is 1. The molecule has 1 unspecified atom stereocenters. The molecule has 0 heterocycles. The van der Waals surface area contributed by atoms with Crippen LogP contribution in [0, 0.1) is 0 Å². The smallest absolute Gasteiger partial charge is 0.254 e. The van der Waals surface area contributed by atoms with E-state index in [1.165, 1.54) is 7.11 Å². The van der Waals surface area contributed by atoms with Crippen LogP contribution >= 0.6 is 0 Å². The van der Waals surface area contributed by atoms with Crippen molar-refractivity contribution in [3.05, 3.63) is 23.8 Å². The second-order valence-electron chi connectivity index (χ2n) is 4.04. The van der Waals surface area contributed by atoms with Crippen molar-refractivity contribution in [1.29, 1.82) is 0 Å². The maximum Gasteiger partial charge on any atom is 0.254 e. The second-order valence-corrected chi connectivity index (χ2v) is 4.04. The number of nitrogens with two attached hydrogens (primary N) is 1. The van der Waals surface area contributed by atoms with Crippen LogP contribution in [0.1, 0.15) is 24.2 Å². The number of hydrogen-bond donors (Lipinski definition) is 3. The lowest BCUT2D eigenvalue weighted by molar-refractivity contribution is -0.122. The Morgan fingerprint density at radius 3 is 2.63 bits per heavy atom. The van der Waals surface area contributed by atoms with Crippen LogP contribution in [0.15, 0.2) is 18.2 Å². The van der Waals surface area contributed by atoms with Gasteiger partial charge in [-0.15, -0.1) is 0 Å². The van der Waals surface area contributed by atoms with E-state index in [9.17, 15) is 9.59 Å². The Kier molecular flexibility index (Phi) is 5.17. The van der Waals surface area contributed by atoms with Crippen LogP contribution in [0.25, 0.3) is 0 Å². The van der Waals surface area contributed by atoms with E-state index in [-0.39, 0.29) is 11.8 Å². The van der Waals surface area contributed by atoms with Gasteiger partial charge in [-0.05, 0) is 26.0 Å². The lowest BCUT2D eigenvalue weighted by atomic mass is 10.1. The van der Waals surface area contributed by atoms with Gasteiger partial charge in [-0.25, -0.2) is 0 Å². The third kappa shape index (κ3) is 3.87. The molecule has 0 spiro atoms. The summed E-state index contributed by atoms with van der Waals surface area (Å²) in [5, 5.41) is 5.22. The first kappa shape index (κ1) is 14.8. The number of ether oxygens (including phenoxy) is 1. The molecule has 6 heteroatoms. The van der Waals surface area contributed by atoms with Crippen LogP contribution < -0.4 is 21.1 Å². The maximum atomic E-state index is 12.0. The number of likely N-dealkylation sites (N-methyl/N-ethyl adjacent to an activating group) is 1. The number of carbonyl (C=O) groups excluding carboxylic acids is 2. The van der Waals surface area contributed by atoms with Gasteiger partial charge >= 0.3 is 0 Å². The summed E-state index contributed by atoms with van der Waals surface area (Å²) in [6.45, 7) is 3.94. The lowest BCUT2D eigenvalue weighted by Crippen LogP contribution is -2.44. The van der Waals surface area contributed by atoms with Crippen molar-refractivity contribution < 1.29 is 14.3 Å². The molecule has 2 amide bonds. The van der Waals surface area contributed by atoms with Gasteiger partial charge in [0, 0.05) is 18.3 Å². The first-order valence-electron chi connectivity index (χ1n) is 6.01. The van der Waals surface area contributed by atoms with E-state index in [2.05, 4.69) is 10.6 Å². The van der Waals surface area contributed by atoms with Gasteiger partial charge in [0.1, 0.15) is 11.8 Å². The summed E-state index contributed by atoms with van der Waals surface area (Å²) in [6, 6.07) is 4.15. The highest BCUT2D eigenvalue weighted by atomic mass is 16.5. The Labute approximate surface area is 112 Å². The molecule has 1 aromatic rings. The Morgan fingerprint density at radius 1 is 1.42 bits per heavy atom. The van der Waals surface area contributed by atoms with E-state index in [1.54, 1.807) is 25.1 Å². The largest absolute Gasteiger partial charge is 0.497 e. The van der Waals surface area contributed by atoms with Crippen LogP contribution in [0.2, 0.25) is 0 Å². The molecular weight excluding hydrogens is 246 g/mol. The predicted molar refractivity (Wildman–Crippen MR) is 73.0 cm³/mol. The summed E-state index contributed by atoms with van der Waals surface area (Å²) in [6.07, 6.45) is 0. The highest BCUT2D eigenvalue weighted by Crippen LogP contribution is 2.19. The van der Waals surface area contributed by atoms with Crippen LogP contribution in [-0.2, 0) is 4.79 Å². The average molecular weight is 265 g/mol. The molecule has 0 saturated carbocycles. The fraction of sp³-hybridized carbons (Fsp3) is 0.385. The van der Waals surface area contributed by atoms with Crippen molar-refractivity contribution in [2.75, 3.05) is 19.4 Å². The van der Waals surface area contributed by atoms with Gasteiger partial charge in [-0.2, -0.15) is 0 Å². The maximum absolute atomic E-state index is 12.0. The van der Waals surface area contributed by atoms with E-state index >= 15 is 0 Å². The van der Waals surface area contributed by atoms with Crippen LogP contribution in [0.4, 0.5) is 5.69 Å². The summed E-state index contributed by atoms with van der Waals surface area (Å²) in [5.74, 6) is -0.0485. The lowest BCUT2D eigenvalue weighted by Gasteiger charge is -2.14. The Balaban J connectivity index is 2.75. The van der Waals surface area contributed by atoms with Crippen LogP contribution in [0.5, 0.6) is 5.75 Å². The number of carbonyl (C=O) groups is 2. The molecule has 1 atom stereocenters. The van der Waals surface area contributed by atoms with E-state index in [4.69, 9.17) is 10.5 Å². The molecule has 0 saturated heterocycles. The molecule has 0 aliphatic carbocycles. The van der Waals surface area contributed by atoms with E-state index in [0.717, 1.165) is 0 Å². The quantitative estimate of drug-likeness (QED) is 0.677. The Bertz CT molecular complexity index is 474. The number of nitrogens with one attached hydrogen (secondary N) is 2. The summed E-state index contributed by atoms with van der Waals surface area (Å²) >= 11 is 0. The van der Waals surface area contributed by atoms with Gasteiger partial charge < -0.3 is 21.1 Å². The van der Waals surface area contributed by atoms with Crippen molar-refractivity contribution in [2.24, 2.45) is 0 Å². The SMILES string of the molecule is CCNC(=O)C(C)NC(=O)c1ccc(OC)cc1N. The number of amides is 2. The molecule has 1 rings (SSSR count). The van der Waals surface area contributed by atoms with E-state index in [1.807, 2.05) is 6.92 Å². The summed E-state index contributed by atoms with van der Waals surface area (Å²) in [5.41, 5.74) is 6.39. The molecule has 0 aliphatic rings. The minimum absolute atomic E-state index is 0.233. The van der Waals surface area contributed by atoms with Gasteiger partial charge in [0.05, 0.1) is 12.7 Å². The molecule has 6 nitrogen and oxygen atoms in total. The molecule has 0 bridgehead atoms. The third-order valence-corrected chi connectivity index (χ3v) is 2.60. The van der Waals surface area contributed by atoms with Gasteiger partial charge in [0.15, 0.2) is 0 Å². The first-order valence-corrected chi connectivity index (χ1v) is 6.01. The van der Waals surface area contributed by atoms with Gasteiger partial charge in [-0.3, -0.25) is 9.59 Å². The van der Waals surface area contributed by atoms with Crippen molar-refractivity contribution in [2.45, 2.75) is 19.9 Å². The summed E-state index contributed by atoms with van der Waals surface area (Å²) in [4.78, 5) is 23.5. The molecule has 4 N–H and O–H groups in total. The number of hydrogen-bond acceptors (Lipinski definition) is 4. The average Bonchev–Trinajstić information content (AvgIpc) is 2.38. The topological polar surface area (TPSA) is 93.5 Å². The normalized spacial score (nSPS) is 11.5. The van der Waals surface area contributed by atoms with Gasteiger partial charge in [0.25, 0.3) is 5.91 Å². The number of benzene rings is 1. The minimum atomic E-state index is -0.617. The first-order chi connectivity index (χ1) is 8.99. The van der Waals surface area contributed by atoms with Crippen molar-refractivity contribution >= 4 is 17.5 Å². The highest BCUT2D eigenvalue weighted by molar-refractivity contribution is 6.01. The minimum Gasteiger partial charge on any atom is -0.497 e.